The molecule has 18 heavy (non-hydrogen) atoms. The Kier molecular flexibility index (Phi) is 5.31. The van der Waals surface area contributed by atoms with Crippen molar-refractivity contribution in [3.63, 3.8) is 0 Å². The summed E-state index contributed by atoms with van der Waals surface area (Å²) in [5.74, 6) is -0.858. The molecule has 96 valence electrons. The first-order valence-corrected chi connectivity index (χ1v) is 5.58. The standard InChI is InChI=1S/C13H15NO4/c14-8-7-11(15)13(18)10-4-1-9(2-5-10)3-6-12(16)17/h1-2,4-5,11,13,15,18H,3,6-7H2,(H,16,17). The molecule has 1 aromatic rings. The van der Waals surface area contributed by atoms with Gasteiger partial charge in [-0.3, -0.25) is 4.79 Å². The number of carboxylic acids is 1. The Balaban J connectivity index is 2.65. The largest absolute Gasteiger partial charge is 0.481 e. The lowest BCUT2D eigenvalue weighted by Crippen LogP contribution is -2.17. The van der Waals surface area contributed by atoms with Gasteiger partial charge in [-0.1, -0.05) is 24.3 Å². The molecule has 0 radical (unpaired) electrons. The molecule has 0 aromatic heterocycles. The van der Waals surface area contributed by atoms with Gasteiger partial charge in [0.05, 0.1) is 18.6 Å². The molecule has 0 spiro atoms. The number of nitriles is 1. The third-order valence-corrected chi connectivity index (χ3v) is 2.61. The Labute approximate surface area is 105 Å². The van der Waals surface area contributed by atoms with Crippen LogP contribution in [0.1, 0.15) is 30.1 Å². The van der Waals surface area contributed by atoms with E-state index in [0.29, 0.717) is 12.0 Å². The highest BCUT2D eigenvalue weighted by Gasteiger charge is 2.17. The molecule has 3 N–H and O–H groups in total. The fourth-order valence-corrected chi connectivity index (χ4v) is 1.56. The van der Waals surface area contributed by atoms with Crippen LogP contribution in [0.5, 0.6) is 0 Å². The molecule has 0 amide bonds. The van der Waals surface area contributed by atoms with Crippen molar-refractivity contribution in [1.29, 1.82) is 5.26 Å². The van der Waals surface area contributed by atoms with Crippen molar-refractivity contribution < 1.29 is 20.1 Å². The van der Waals surface area contributed by atoms with Crippen molar-refractivity contribution in [3.05, 3.63) is 35.4 Å². The van der Waals surface area contributed by atoms with Gasteiger partial charge in [0.25, 0.3) is 0 Å². The highest BCUT2D eigenvalue weighted by molar-refractivity contribution is 5.67. The van der Waals surface area contributed by atoms with E-state index in [0.717, 1.165) is 5.56 Å². The normalized spacial score (nSPS) is 13.6. The van der Waals surface area contributed by atoms with Crippen molar-refractivity contribution in [2.75, 3.05) is 0 Å². The molecule has 0 bridgehead atoms. The molecule has 2 atom stereocenters. The minimum absolute atomic E-state index is 0.0545. The minimum atomic E-state index is -1.11. The molecule has 0 aliphatic heterocycles. The van der Waals surface area contributed by atoms with Crippen LogP contribution in [0.2, 0.25) is 0 Å². The average Bonchev–Trinajstić information content (AvgIpc) is 2.36. The number of carboxylic acid groups (broad SMARTS) is 1. The van der Waals surface area contributed by atoms with Crippen LogP contribution in [-0.4, -0.2) is 27.4 Å². The SMILES string of the molecule is N#CCC(O)C(O)c1ccc(CCC(=O)O)cc1. The summed E-state index contributed by atoms with van der Waals surface area (Å²) in [5, 5.41) is 36.2. The van der Waals surface area contributed by atoms with Crippen molar-refractivity contribution in [1.82, 2.24) is 0 Å². The summed E-state index contributed by atoms with van der Waals surface area (Å²) in [7, 11) is 0. The van der Waals surface area contributed by atoms with E-state index < -0.39 is 18.2 Å². The molecule has 1 aromatic carbocycles. The van der Waals surface area contributed by atoms with Crippen LogP contribution < -0.4 is 0 Å². The summed E-state index contributed by atoms with van der Waals surface area (Å²) < 4.78 is 0. The fraction of sp³-hybridized carbons (Fsp3) is 0.385. The maximum Gasteiger partial charge on any atom is 0.303 e. The Morgan fingerprint density at radius 2 is 1.89 bits per heavy atom. The third-order valence-electron chi connectivity index (χ3n) is 2.61. The van der Waals surface area contributed by atoms with E-state index in [9.17, 15) is 15.0 Å². The van der Waals surface area contributed by atoms with E-state index in [1.165, 1.54) is 0 Å². The summed E-state index contributed by atoms with van der Waals surface area (Å²) in [6, 6.07) is 8.46. The van der Waals surface area contributed by atoms with E-state index in [1.807, 2.05) is 0 Å². The zero-order valence-electron chi connectivity index (χ0n) is 9.78. The Morgan fingerprint density at radius 3 is 2.39 bits per heavy atom. The summed E-state index contributed by atoms with van der Waals surface area (Å²) in [4.78, 5) is 10.4. The Morgan fingerprint density at radius 1 is 1.28 bits per heavy atom. The smallest absolute Gasteiger partial charge is 0.303 e. The second kappa shape index (κ2) is 6.74. The molecule has 1 rings (SSSR count). The second-order valence-corrected chi connectivity index (χ2v) is 4.01. The Bertz CT molecular complexity index is 435. The highest BCUT2D eigenvalue weighted by Crippen LogP contribution is 2.19. The number of nitrogens with zero attached hydrogens (tertiary/aromatic N) is 1. The summed E-state index contributed by atoms with van der Waals surface area (Å²) in [5.41, 5.74) is 1.36. The zero-order chi connectivity index (χ0) is 13.5. The summed E-state index contributed by atoms with van der Waals surface area (Å²) in [6.07, 6.45) is -1.87. The van der Waals surface area contributed by atoms with E-state index >= 15 is 0 Å². The van der Waals surface area contributed by atoms with Crippen molar-refractivity contribution in [2.24, 2.45) is 0 Å². The van der Waals surface area contributed by atoms with E-state index in [4.69, 9.17) is 10.4 Å². The Hall–Kier alpha value is -1.90. The van der Waals surface area contributed by atoms with Crippen LogP contribution >= 0.6 is 0 Å². The number of hydrogen-bond acceptors (Lipinski definition) is 4. The highest BCUT2D eigenvalue weighted by atomic mass is 16.4. The fourth-order valence-electron chi connectivity index (χ4n) is 1.56. The monoisotopic (exact) mass is 249 g/mol. The molecule has 0 saturated heterocycles. The van der Waals surface area contributed by atoms with Crippen molar-refractivity contribution in [3.8, 4) is 6.07 Å². The first-order valence-electron chi connectivity index (χ1n) is 5.58. The summed E-state index contributed by atoms with van der Waals surface area (Å²) >= 11 is 0. The van der Waals surface area contributed by atoms with Crippen molar-refractivity contribution >= 4 is 5.97 Å². The van der Waals surface area contributed by atoms with Gasteiger partial charge in [0.1, 0.15) is 6.10 Å². The molecule has 2 unspecified atom stereocenters. The van der Waals surface area contributed by atoms with Crippen molar-refractivity contribution in [2.45, 2.75) is 31.5 Å². The van der Waals surface area contributed by atoms with Gasteiger partial charge in [0.15, 0.2) is 0 Å². The number of hydrogen-bond donors (Lipinski definition) is 3. The van der Waals surface area contributed by atoms with Crippen LogP contribution in [0.15, 0.2) is 24.3 Å². The number of aliphatic carboxylic acids is 1. The van der Waals surface area contributed by atoms with Crippen LogP contribution in [0.25, 0.3) is 0 Å². The van der Waals surface area contributed by atoms with Gasteiger partial charge in [-0.15, -0.1) is 0 Å². The third kappa shape index (κ3) is 4.17. The van der Waals surface area contributed by atoms with E-state index in [-0.39, 0.29) is 12.8 Å². The van der Waals surface area contributed by atoms with Gasteiger partial charge >= 0.3 is 5.97 Å². The zero-order valence-corrected chi connectivity index (χ0v) is 9.78. The van der Waals surface area contributed by atoms with Gasteiger partial charge in [-0.25, -0.2) is 0 Å². The number of aliphatic hydroxyl groups excluding tert-OH is 2. The number of rotatable bonds is 6. The first kappa shape index (κ1) is 14.2. The molecular formula is C13H15NO4. The molecule has 0 aliphatic carbocycles. The first-order chi connectivity index (χ1) is 8.54. The summed E-state index contributed by atoms with van der Waals surface area (Å²) in [6.45, 7) is 0. The predicted octanol–water partition coefficient (Wildman–Crippen LogP) is 1.01. The topological polar surface area (TPSA) is 102 Å². The van der Waals surface area contributed by atoms with Gasteiger partial charge in [-0.2, -0.15) is 5.26 Å². The minimum Gasteiger partial charge on any atom is -0.481 e. The lowest BCUT2D eigenvalue weighted by atomic mass is 10.00. The average molecular weight is 249 g/mol. The quantitative estimate of drug-likeness (QED) is 0.698. The number of aliphatic hydroxyl groups is 2. The van der Waals surface area contributed by atoms with Gasteiger partial charge in [0.2, 0.25) is 0 Å². The number of aryl methyl sites for hydroxylation is 1. The molecule has 0 heterocycles. The van der Waals surface area contributed by atoms with E-state index in [1.54, 1.807) is 30.3 Å². The molecule has 0 fully saturated rings. The van der Waals surface area contributed by atoms with Crippen LogP contribution in [0.4, 0.5) is 0 Å². The number of benzene rings is 1. The predicted molar refractivity (Wildman–Crippen MR) is 63.6 cm³/mol. The molecule has 0 aliphatic rings. The second-order valence-electron chi connectivity index (χ2n) is 4.01. The van der Waals surface area contributed by atoms with Gasteiger partial charge in [0, 0.05) is 6.42 Å². The maximum atomic E-state index is 10.4. The van der Waals surface area contributed by atoms with Gasteiger partial charge < -0.3 is 15.3 Å². The van der Waals surface area contributed by atoms with Crippen LogP contribution in [0, 0.1) is 11.3 Å². The van der Waals surface area contributed by atoms with Crippen LogP contribution in [-0.2, 0) is 11.2 Å². The molecule has 5 heteroatoms. The van der Waals surface area contributed by atoms with E-state index in [2.05, 4.69) is 0 Å². The molecule has 0 saturated carbocycles. The van der Waals surface area contributed by atoms with Crippen LogP contribution in [0.3, 0.4) is 0 Å². The maximum absolute atomic E-state index is 10.4. The number of carbonyl (C=O) groups is 1. The molecule has 5 nitrogen and oxygen atoms in total. The lowest BCUT2D eigenvalue weighted by Gasteiger charge is -2.15. The van der Waals surface area contributed by atoms with Gasteiger partial charge in [-0.05, 0) is 17.5 Å². The lowest BCUT2D eigenvalue weighted by molar-refractivity contribution is -0.136. The molecular weight excluding hydrogens is 234 g/mol.